The number of nitrogens with two attached hydrogens (primary N) is 1. The molecule has 1 aromatic heterocycles. The lowest BCUT2D eigenvalue weighted by atomic mass is 10.1. The van der Waals surface area contributed by atoms with Crippen LogP contribution in [0.3, 0.4) is 0 Å². The van der Waals surface area contributed by atoms with Crippen LogP contribution in [0.4, 0.5) is 5.69 Å². The van der Waals surface area contributed by atoms with E-state index in [1.165, 1.54) is 0 Å². The maximum atomic E-state index is 6.09. The minimum atomic E-state index is 0.700. The summed E-state index contributed by atoms with van der Waals surface area (Å²) < 4.78 is 2.21. The number of nitrogen functional groups attached to an aromatic ring is 1. The monoisotopic (exact) mass is 285 g/mol. The van der Waals surface area contributed by atoms with E-state index in [9.17, 15) is 0 Å². The minimum absolute atomic E-state index is 0.700. The molecule has 2 N–H and O–H groups in total. The van der Waals surface area contributed by atoms with Gasteiger partial charge in [-0.15, -0.1) is 0 Å². The van der Waals surface area contributed by atoms with Gasteiger partial charge in [0.15, 0.2) is 0 Å². The fourth-order valence-electron chi connectivity index (χ4n) is 2.46. The fourth-order valence-corrected chi connectivity index (χ4v) is 2.63. The first kappa shape index (κ1) is 13.0. The predicted octanol–water partition coefficient (Wildman–Crippen LogP) is 4.35. The molecule has 0 saturated heterocycles. The van der Waals surface area contributed by atoms with Gasteiger partial charge in [-0.05, 0) is 36.8 Å². The van der Waals surface area contributed by atoms with E-state index in [0.29, 0.717) is 5.02 Å². The lowest BCUT2D eigenvalue weighted by Crippen LogP contribution is -2.01. The van der Waals surface area contributed by atoms with Gasteiger partial charge in [0.1, 0.15) is 5.82 Å². The topological polar surface area (TPSA) is 43.8 Å². The van der Waals surface area contributed by atoms with Crippen molar-refractivity contribution in [2.75, 3.05) is 5.73 Å². The minimum Gasteiger partial charge on any atom is -0.398 e. The van der Waals surface area contributed by atoms with Crippen molar-refractivity contribution in [2.24, 2.45) is 0 Å². The van der Waals surface area contributed by atoms with Gasteiger partial charge in [0.05, 0.1) is 11.0 Å². The average Bonchev–Trinajstić information content (AvgIpc) is 2.77. The Morgan fingerprint density at radius 3 is 2.75 bits per heavy atom. The molecule has 2 aromatic carbocycles. The van der Waals surface area contributed by atoms with Crippen molar-refractivity contribution in [1.29, 1.82) is 0 Å². The van der Waals surface area contributed by atoms with Gasteiger partial charge in [-0.2, -0.15) is 0 Å². The number of para-hydroxylation sites is 1. The summed E-state index contributed by atoms with van der Waals surface area (Å²) in [6.45, 7) is 3.06. The van der Waals surface area contributed by atoms with E-state index < -0.39 is 0 Å². The molecule has 0 atom stereocenters. The van der Waals surface area contributed by atoms with Crippen LogP contribution in [-0.2, 0) is 6.54 Å². The molecule has 0 saturated carbocycles. The van der Waals surface area contributed by atoms with E-state index in [1.807, 2.05) is 42.5 Å². The third-order valence-electron chi connectivity index (χ3n) is 3.36. The quantitative estimate of drug-likeness (QED) is 0.727. The molecular formula is C16H16ClN3. The number of hydrogen-bond acceptors (Lipinski definition) is 2. The molecule has 0 radical (unpaired) electrons. The van der Waals surface area contributed by atoms with E-state index >= 15 is 0 Å². The van der Waals surface area contributed by atoms with E-state index in [-0.39, 0.29) is 0 Å². The Morgan fingerprint density at radius 2 is 2.00 bits per heavy atom. The number of nitrogens with zero attached hydrogens (tertiary/aromatic N) is 2. The molecule has 3 nitrogen and oxygen atoms in total. The Morgan fingerprint density at radius 1 is 1.20 bits per heavy atom. The standard InChI is InChI=1S/C16H16ClN3/c1-2-9-20-15-8-7-11(17)10-14(15)19-16(20)12-5-3-4-6-13(12)18/h3-8,10H,2,9,18H2,1H3. The summed E-state index contributed by atoms with van der Waals surface area (Å²) in [7, 11) is 0. The summed E-state index contributed by atoms with van der Waals surface area (Å²) in [4.78, 5) is 4.72. The zero-order valence-electron chi connectivity index (χ0n) is 11.3. The molecule has 0 aliphatic carbocycles. The fraction of sp³-hybridized carbons (Fsp3) is 0.188. The highest BCUT2D eigenvalue weighted by Crippen LogP contribution is 2.30. The van der Waals surface area contributed by atoms with E-state index in [2.05, 4.69) is 11.5 Å². The highest BCUT2D eigenvalue weighted by molar-refractivity contribution is 6.31. The largest absolute Gasteiger partial charge is 0.398 e. The van der Waals surface area contributed by atoms with Crippen LogP contribution < -0.4 is 5.73 Å². The lowest BCUT2D eigenvalue weighted by molar-refractivity contribution is 0.704. The Kier molecular flexibility index (Phi) is 3.36. The summed E-state index contributed by atoms with van der Waals surface area (Å²) in [5, 5.41) is 0.700. The predicted molar refractivity (Wildman–Crippen MR) is 84.9 cm³/mol. The van der Waals surface area contributed by atoms with Crippen LogP contribution in [0.5, 0.6) is 0 Å². The highest BCUT2D eigenvalue weighted by atomic mass is 35.5. The normalized spacial score (nSPS) is 11.1. The number of halogens is 1. The molecule has 0 fully saturated rings. The molecule has 0 aliphatic heterocycles. The van der Waals surface area contributed by atoms with Crippen molar-refractivity contribution in [3.63, 3.8) is 0 Å². The third-order valence-corrected chi connectivity index (χ3v) is 3.59. The molecule has 1 heterocycles. The van der Waals surface area contributed by atoms with E-state index in [4.69, 9.17) is 22.3 Å². The summed E-state index contributed by atoms with van der Waals surface area (Å²) in [6.07, 6.45) is 1.04. The highest BCUT2D eigenvalue weighted by Gasteiger charge is 2.14. The zero-order valence-corrected chi connectivity index (χ0v) is 12.1. The maximum Gasteiger partial charge on any atom is 0.143 e. The first-order valence-electron chi connectivity index (χ1n) is 6.71. The second kappa shape index (κ2) is 5.17. The number of aryl methyl sites for hydroxylation is 1. The number of hydrogen-bond donors (Lipinski definition) is 1. The SMILES string of the molecule is CCCn1c(-c2ccccc2N)nc2cc(Cl)ccc21. The first-order valence-corrected chi connectivity index (χ1v) is 7.09. The van der Waals surface area contributed by atoms with Crippen LogP contribution in [0.25, 0.3) is 22.4 Å². The second-order valence-electron chi connectivity index (χ2n) is 4.81. The molecule has 0 amide bonds. The lowest BCUT2D eigenvalue weighted by Gasteiger charge is -2.09. The van der Waals surface area contributed by atoms with Crippen molar-refractivity contribution in [3.8, 4) is 11.4 Å². The molecule has 3 rings (SSSR count). The van der Waals surface area contributed by atoms with Crippen LogP contribution >= 0.6 is 11.6 Å². The summed E-state index contributed by atoms with van der Waals surface area (Å²) in [6, 6.07) is 13.6. The van der Waals surface area contributed by atoms with Crippen LogP contribution in [0, 0.1) is 0 Å². The number of rotatable bonds is 3. The summed E-state index contributed by atoms with van der Waals surface area (Å²) >= 11 is 6.06. The van der Waals surface area contributed by atoms with Gasteiger partial charge < -0.3 is 10.3 Å². The number of anilines is 1. The molecule has 3 aromatic rings. The maximum absolute atomic E-state index is 6.09. The van der Waals surface area contributed by atoms with Gasteiger partial charge in [0.2, 0.25) is 0 Å². The van der Waals surface area contributed by atoms with Crippen LogP contribution in [0.2, 0.25) is 5.02 Å². The molecule has 0 unspecified atom stereocenters. The first-order chi connectivity index (χ1) is 9.70. The number of aromatic nitrogens is 2. The number of fused-ring (bicyclic) bond motifs is 1. The molecule has 4 heteroatoms. The number of imidazole rings is 1. The van der Waals surface area contributed by atoms with E-state index in [0.717, 1.165) is 41.1 Å². The smallest absolute Gasteiger partial charge is 0.143 e. The Hall–Kier alpha value is -2.00. The van der Waals surface area contributed by atoms with Crippen molar-refractivity contribution in [3.05, 3.63) is 47.5 Å². The van der Waals surface area contributed by atoms with Gasteiger partial charge >= 0.3 is 0 Å². The van der Waals surface area contributed by atoms with Crippen LogP contribution in [0.15, 0.2) is 42.5 Å². The molecule has 102 valence electrons. The van der Waals surface area contributed by atoms with Gasteiger partial charge in [0, 0.05) is 22.8 Å². The second-order valence-corrected chi connectivity index (χ2v) is 5.24. The van der Waals surface area contributed by atoms with Gasteiger partial charge in [-0.1, -0.05) is 30.7 Å². The van der Waals surface area contributed by atoms with Crippen LogP contribution in [0.1, 0.15) is 13.3 Å². The molecule has 0 spiro atoms. The van der Waals surface area contributed by atoms with E-state index in [1.54, 1.807) is 0 Å². The Bertz CT molecular complexity index is 762. The van der Waals surface area contributed by atoms with Crippen molar-refractivity contribution < 1.29 is 0 Å². The Labute approximate surface area is 123 Å². The van der Waals surface area contributed by atoms with Crippen molar-refractivity contribution in [1.82, 2.24) is 9.55 Å². The van der Waals surface area contributed by atoms with Gasteiger partial charge in [-0.3, -0.25) is 0 Å². The zero-order chi connectivity index (χ0) is 14.1. The van der Waals surface area contributed by atoms with Gasteiger partial charge in [0.25, 0.3) is 0 Å². The Balaban J connectivity index is 2.29. The molecule has 20 heavy (non-hydrogen) atoms. The third kappa shape index (κ3) is 2.14. The average molecular weight is 286 g/mol. The molecular weight excluding hydrogens is 270 g/mol. The number of benzene rings is 2. The van der Waals surface area contributed by atoms with Crippen molar-refractivity contribution >= 4 is 28.3 Å². The summed E-state index contributed by atoms with van der Waals surface area (Å²) in [5.41, 5.74) is 9.80. The molecule has 0 aliphatic rings. The van der Waals surface area contributed by atoms with Gasteiger partial charge in [-0.25, -0.2) is 4.98 Å². The van der Waals surface area contributed by atoms with Crippen LogP contribution in [-0.4, -0.2) is 9.55 Å². The van der Waals surface area contributed by atoms with Crippen molar-refractivity contribution in [2.45, 2.75) is 19.9 Å². The summed E-state index contributed by atoms with van der Waals surface area (Å²) in [5.74, 6) is 0.905. The molecule has 0 bridgehead atoms.